The van der Waals surface area contributed by atoms with E-state index in [9.17, 15) is 0 Å². The number of aryl methyl sites for hydroxylation is 1. The molecule has 1 aliphatic rings. The number of nitrogen functional groups attached to an aromatic ring is 1. The molecule has 1 aliphatic heterocycles. The van der Waals surface area contributed by atoms with Crippen molar-refractivity contribution < 1.29 is 4.74 Å². The Morgan fingerprint density at radius 3 is 2.94 bits per heavy atom. The summed E-state index contributed by atoms with van der Waals surface area (Å²) in [6, 6.07) is 2.53. The fraction of sp³-hybridized carbons (Fsp3) is 0.500. The van der Waals surface area contributed by atoms with Gasteiger partial charge in [0.15, 0.2) is 0 Å². The molecule has 3 rings (SSSR count). The average molecular weight is 264 g/mol. The highest BCUT2D eigenvalue weighted by Crippen LogP contribution is 2.30. The predicted octanol–water partition coefficient (Wildman–Crippen LogP) is 2.17. The zero-order chi connectivity index (χ0) is 12.5. The second kappa shape index (κ2) is 4.70. The maximum absolute atomic E-state index is 5.76. The van der Waals surface area contributed by atoms with Crippen LogP contribution < -0.4 is 11.1 Å². The zero-order valence-corrected chi connectivity index (χ0v) is 11.1. The van der Waals surface area contributed by atoms with E-state index in [1.165, 1.54) is 4.88 Å². The molecule has 0 atom stereocenters. The fourth-order valence-electron chi connectivity index (χ4n) is 2.20. The van der Waals surface area contributed by atoms with Gasteiger partial charge in [-0.05, 0) is 25.8 Å². The molecular formula is C12H16N4OS. The van der Waals surface area contributed by atoms with Gasteiger partial charge in [-0.25, -0.2) is 4.98 Å². The summed E-state index contributed by atoms with van der Waals surface area (Å²) in [5.41, 5.74) is 5.76. The number of ether oxygens (including phenoxy) is 1. The molecule has 1 fully saturated rings. The first-order chi connectivity index (χ1) is 8.72. The van der Waals surface area contributed by atoms with E-state index in [-0.39, 0.29) is 0 Å². The summed E-state index contributed by atoms with van der Waals surface area (Å²) >= 11 is 1.65. The van der Waals surface area contributed by atoms with Gasteiger partial charge in [0.25, 0.3) is 0 Å². The lowest BCUT2D eigenvalue weighted by molar-refractivity contribution is 0.0904. The van der Waals surface area contributed by atoms with Crippen molar-refractivity contribution in [3.63, 3.8) is 0 Å². The second-order valence-corrected chi connectivity index (χ2v) is 5.77. The molecular weight excluding hydrogens is 248 g/mol. The molecule has 5 nitrogen and oxygen atoms in total. The molecule has 18 heavy (non-hydrogen) atoms. The maximum Gasteiger partial charge on any atom is 0.223 e. The minimum Gasteiger partial charge on any atom is -0.381 e. The largest absolute Gasteiger partial charge is 0.381 e. The number of thiophene rings is 1. The molecule has 0 radical (unpaired) electrons. The first kappa shape index (κ1) is 11.7. The van der Waals surface area contributed by atoms with Crippen LogP contribution in [0.4, 0.5) is 11.8 Å². The van der Waals surface area contributed by atoms with Crippen molar-refractivity contribution in [3.8, 4) is 0 Å². The van der Waals surface area contributed by atoms with Crippen LogP contribution in [0.25, 0.3) is 10.2 Å². The van der Waals surface area contributed by atoms with Gasteiger partial charge in [0, 0.05) is 24.1 Å². The van der Waals surface area contributed by atoms with Crippen LogP contribution in [0.5, 0.6) is 0 Å². The summed E-state index contributed by atoms with van der Waals surface area (Å²) < 4.78 is 5.36. The quantitative estimate of drug-likeness (QED) is 0.869. The number of anilines is 2. The van der Waals surface area contributed by atoms with Crippen LogP contribution in [-0.2, 0) is 4.74 Å². The van der Waals surface area contributed by atoms with E-state index >= 15 is 0 Å². The van der Waals surface area contributed by atoms with E-state index in [2.05, 4.69) is 28.3 Å². The predicted molar refractivity (Wildman–Crippen MR) is 74.0 cm³/mol. The van der Waals surface area contributed by atoms with Gasteiger partial charge in [0.2, 0.25) is 5.95 Å². The Morgan fingerprint density at radius 1 is 1.39 bits per heavy atom. The Kier molecular flexibility index (Phi) is 3.05. The molecule has 0 unspecified atom stereocenters. The molecule has 6 heteroatoms. The number of fused-ring (bicyclic) bond motifs is 1. The molecule has 0 saturated carbocycles. The van der Waals surface area contributed by atoms with E-state index in [0.29, 0.717) is 12.0 Å². The SMILES string of the molecule is Cc1cc2c(NC3CCOCC3)nc(N)nc2s1. The van der Waals surface area contributed by atoms with Crippen molar-refractivity contribution in [2.24, 2.45) is 0 Å². The van der Waals surface area contributed by atoms with Crippen LogP contribution in [-0.4, -0.2) is 29.2 Å². The zero-order valence-electron chi connectivity index (χ0n) is 10.3. The smallest absolute Gasteiger partial charge is 0.223 e. The normalized spacial score (nSPS) is 17.2. The number of hydrogen-bond donors (Lipinski definition) is 2. The Hall–Kier alpha value is -1.40. The summed E-state index contributed by atoms with van der Waals surface area (Å²) in [7, 11) is 0. The van der Waals surface area contributed by atoms with Crippen LogP contribution in [0.15, 0.2) is 6.07 Å². The number of rotatable bonds is 2. The summed E-state index contributed by atoms with van der Waals surface area (Å²) in [5, 5.41) is 4.54. The van der Waals surface area contributed by atoms with Crippen LogP contribution in [0, 0.1) is 6.92 Å². The van der Waals surface area contributed by atoms with E-state index in [1.807, 2.05) is 0 Å². The van der Waals surface area contributed by atoms with Gasteiger partial charge in [0.1, 0.15) is 10.6 Å². The van der Waals surface area contributed by atoms with Crippen LogP contribution in [0.3, 0.4) is 0 Å². The summed E-state index contributed by atoms with van der Waals surface area (Å²) in [6.07, 6.45) is 2.02. The Morgan fingerprint density at radius 2 is 2.17 bits per heavy atom. The fourth-order valence-corrected chi connectivity index (χ4v) is 3.09. The number of hydrogen-bond acceptors (Lipinski definition) is 6. The molecule has 0 bridgehead atoms. The minimum atomic E-state index is 0.332. The van der Waals surface area contributed by atoms with Gasteiger partial charge in [-0.15, -0.1) is 11.3 Å². The third kappa shape index (κ3) is 2.26. The van der Waals surface area contributed by atoms with E-state index in [0.717, 1.165) is 42.1 Å². The van der Waals surface area contributed by atoms with Crippen molar-refractivity contribution in [1.29, 1.82) is 0 Å². The molecule has 0 aromatic carbocycles. The average Bonchev–Trinajstić information content (AvgIpc) is 2.71. The lowest BCUT2D eigenvalue weighted by Crippen LogP contribution is -2.28. The monoisotopic (exact) mass is 264 g/mol. The van der Waals surface area contributed by atoms with Crippen molar-refractivity contribution in [1.82, 2.24) is 9.97 Å². The summed E-state index contributed by atoms with van der Waals surface area (Å²) in [6.45, 7) is 3.69. The number of aromatic nitrogens is 2. The molecule has 96 valence electrons. The van der Waals surface area contributed by atoms with Gasteiger partial charge in [-0.2, -0.15) is 4.98 Å². The standard InChI is InChI=1S/C12H16N4OS/c1-7-6-9-10(14-8-2-4-17-5-3-8)15-12(13)16-11(9)18-7/h6,8H,2-5H2,1H3,(H3,13,14,15,16). The first-order valence-electron chi connectivity index (χ1n) is 6.10. The second-order valence-electron chi connectivity index (χ2n) is 4.54. The number of nitrogens with two attached hydrogens (primary N) is 1. The van der Waals surface area contributed by atoms with Crippen molar-refractivity contribution in [3.05, 3.63) is 10.9 Å². The topological polar surface area (TPSA) is 73.1 Å². The molecule has 3 N–H and O–H groups in total. The van der Waals surface area contributed by atoms with E-state index < -0.39 is 0 Å². The van der Waals surface area contributed by atoms with Gasteiger partial charge < -0.3 is 15.8 Å². The van der Waals surface area contributed by atoms with Crippen LogP contribution in [0.2, 0.25) is 0 Å². The van der Waals surface area contributed by atoms with E-state index in [4.69, 9.17) is 10.5 Å². The molecule has 0 spiro atoms. The lowest BCUT2D eigenvalue weighted by atomic mass is 10.1. The van der Waals surface area contributed by atoms with Crippen molar-refractivity contribution in [2.45, 2.75) is 25.8 Å². The first-order valence-corrected chi connectivity index (χ1v) is 6.92. The maximum atomic E-state index is 5.76. The Balaban J connectivity index is 1.94. The number of nitrogens with one attached hydrogen (secondary N) is 1. The number of nitrogens with zero attached hydrogens (tertiary/aromatic N) is 2. The highest BCUT2D eigenvalue weighted by Gasteiger charge is 2.16. The van der Waals surface area contributed by atoms with Gasteiger partial charge in [0.05, 0.1) is 5.39 Å². The van der Waals surface area contributed by atoms with Crippen molar-refractivity contribution >= 4 is 33.3 Å². The minimum absolute atomic E-state index is 0.332. The molecule has 0 amide bonds. The molecule has 0 aliphatic carbocycles. The van der Waals surface area contributed by atoms with Crippen LogP contribution in [0.1, 0.15) is 17.7 Å². The molecule has 2 aromatic heterocycles. The summed E-state index contributed by atoms with van der Waals surface area (Å²) in [4.78, 5) is 10.8. The van der Waals surface area contributed by atoms with Gasteiger partial charge in [-0.1, -0.05) is 0 Å². The Labute approximate surface area is 109 Å². The highest BCUT2D eigenvalue weighted by molar-refractivity contribution is 7.18. The van der Waals surface area contributed by atoms with Crippen molar-refractivity contribution in [2.75, 3.05) is 24.3 Å². The Bertz CT molecular complexity index is 562. The molecule has 2 aromatic rings. The molecule has 3 heterocycles. The third-order valence-corrected chi connectivity index (χ3v) is 4.04. The summed E-state index contributed by atoms with van der Waals surface area (Å²) in [5.74, 6) is 1.19. The van der Waals surface area contributed by atoms with Gasteiger partial charge >= 0.3 is 0 Å². The molecule has 1 saturated heterocycles. The third-order valence-electron chi connectivity index (χ3n) is 3.10. The van der Waals surface area contributed by atoms with Crippen LogP contribution >= 0.6 is 11.3 Å². The highest BCUT2D eigenvalue weighted by atomic mass is 32.1. The van der Waals surface area contributed by atoms with Gasteiger partial charge in [-0.3, -0.25) is 0 Å². The lowest BCUT2D eigenvalue weighted by Gasteiger charge is -2.23. The van der Waals surface area contributed by atoms with E-state index in [1.54, 1.807) is 11.3 Å².